The third kappa shape index (κ3) is 3.99. The zero-order chi connectivity index (χ0) is 21.3. The molecule has 0 aromatic carbocycles. The Morgan fingerprint density at radius 2 is 1.83 bits per heavy atom. The Kier molecular flexibility index (Phi) is 5.90. The highest BCUT2D eigenvalue weighted by Crippen LogP contribution is 2.32. The Hall–Kier alpha value is -2.29. The molecular weight excluding hydrogens is 390 g/mol. The predicted octanol–water partition coefficient (Wildman–Crippen LogP) is -0.153. The molecule has 10 heteroatoms. The molecule has 3 heterocycles. The summed E-state index contributed by atoms with van der Waals surface area (Å²) in [6.07, 6.45) is 3.37. The van der Waals surface area contributed by atoms with Crippen LogP contribution in [0.3, 0.4) is 0 Å². The molecule has 162 valence electrons. The predicted molar refractivity (Wildman–Crippen MR) is 107 cm³/mol. The topological polar surface area (TPSA) is 160 Å². The minimum Gasteiger partial charge on any atom is -0.394 e. The highest BCUT2D eigenvalue weighted by molar-refractivity contribution is 5.82. The number of imidazole rings is 1. The number of anilines is 1. The van der Waals surface area contributed by atoms with Crippen molar-refractivity contribution < 1.29 is 25.2 Å². The summed E-state index contributed by atoms with van der Waals surface area (Å²) in [6.45, 7) is -0.437. The van der Waals surface area contributed by atoms with Gasteiger partial charge in [-0.25, -0.2) is 15.0 Å². The smallest absolute Gasteiger partial charge is 0.209 e. The first-order valence-electron chi connectivity index (χ1n) is 10.3. The zero-order valence-electron chi connectivity index (χ0n) is 16.6. The fourth-order valence-corrected chi connectivity index (χ4v) is 4.08. The molecule has 2 aromatic heterocycles. The fraction of sp³-hybridized carbons (Fsp3) is 0.650. The van der Waals surface area contributed by atoms with E-state index in [1.165, 1.54) is 17.3 Å². The van der Waals surface area contributed by atoms with Crippen molar-refractivity contribution in [3.05, 3.63) is 12.2 Å². The molecular formula is C20H27N5O5. The maximum Gasteiger partial charge on any atom is 0.209 e. The molecule has 1 aliphatic carbocycles. The molecule has 1 aliphatic heterocycles. The van der Waals surface area contributed by atoms with E-state index in [1.54, 1.807) is 0 Å². The van der Waals surface area contributed by atoms with E-state index in [-0.39, 0.29) is 17.3 Å². The summed E-state index contributed by atoms with van der Waals surface area (Å²) in [7, 11) is 0. The molecule has 30 heavy (non-hydrogen) atoms. The summed E-state index contributed by atoms with van der Waals surface area (Å²) in [4.78, 5) is 12.8. The molecule has 2 aliphatic rings. The lowest BCUT2D eigenvalue weighted by molar-refractivity contribution is -0.0511. The van der Waals surface area contributed by atoms with Gasteiger partial charge in [-0.05, 0) is 31.6 Å². The van der Waals surface area contributed by atoms with Crippen molar-refractivity contribution in [2.24, 2.45) is 0 Å². The lowest BCUT2D eigenvalue weighted by Crippen LogP contribution is -2.33. The van der Waals surface area contributed by atoms with Crippen LogP contribution in [-0.4, -0.2) is 70.5 Å². The van der Waals surface area contributed by atoms with Crippen LogP contribution in [-0.2, 0) is 4.74 Å². The molecule has 0 unspecified atom stereocenters. The van der Waals surface area contributed by atoms with Gasteiger partial charge >= 0.3 is 0 Å². The first kappa shape index (κ1) is 21.0. The number of rotatable bonds is 2. The number of fused-ring (bicyclic) bond motifs is 1. The SMILES string of the molecule is Nc1nc(C#CC2(O)CCCCCCC2)nc2c1ncn2[C@@H]1O[C@H](CO)[C@@H](O)[C@H]1O. The van der Waals surface area contributed by atoms with Gasteiger partial charge in [0, 0.05) is 0 Å². The molecule has 2 fully saturated rings. The highest BCUT2D eigenvalue weighted by Gasteiger charge is 2.44. The van der Waals surface area contributed by atoms with Crippen molar-refractivity contribution >= 4 is 17.0 Å². The summed E-state index contributed by atoms with van der Waals surface area (Å²) in [6, 6.07) is 0. The summed E-state index contributed by atoms with van der Waals surface area (Å²) in [5.74, 6) is 6.02. The number of hydrogen-bond donors (Lipinski definition) is 5. The zero-order valence-corrected chi connectivity index (χ0v) is 16.6. The van der Waals surface area contributed by atoms with E-state index in [0.29, 0.717) is 18.4 Å². The van der Waals surface area contributed by atoms with Crippen LogP contribution in [0.25, 0.3) is 11.2 Å². The average molecular weight is 417 g/mol. The van der Waals surface area contributed by atoms with Gasteiger partial charge in [-0.2, -0.15) is 0 Å². The quantitative estimate of drug-likeness (QED) is 0.419. The number of aliphatic hydroxyl groups is 4. The van der Waals surface area contributed by atoms with E-state index in [2.05, 4.69) is 26.8 Å². The molecule has 1 saturated carbocycles. The van der Waals surface area contributed by atoms with Crippen molar-refractivity contribution in [1.82, 2.24) is 19.5 Å². The van der Waals surface area contributed by atoms with Gasteiger partial charge in [0.2, 0.25) is 5.82 Å². The summed E-state index contributed by atoms with van der Waals surface area (Å²) < 4.78 is 7.00. The van der Waals surface area contributed by atoms with Gasteiger partial charge < -0.3 is 30.9 Å². The average Bonchev–Trinajstić information content (AvgIpc) is 3.25. The summed E-state index contributed by atoms with van der Waals surface area (Å²) >= 11 is 0. The lowest BCUT2D eigenvalue weighted by atomic mass is 9.87. The highest BCUT2D eigenvalue weighted by atomic mass is 16.6. The van der Waals surface area contributed by atoms with Gasteiger partial charge in [0.25, 0.3) is 0 Å². The number of aliphatic hydroxyl groups excluding tert-OH is 3. The standard InChI is InChI=1S/C20H27N5O5/c21-17-14-18(25(11-22-14)19-16(28)15(27)12(10-26)30-19)24-13(23-17)6-9-20(29)7-4-2-1-3-5-8-20/h11-12,15-16,19,26-29H,1-5,7-8,10H2,(H2,21,23,24)/t12-,15-,16-,19-/m1/s1. The van der Waals surface area contributed by atoms with Crippen LogP contribution in [0.5, 0.6) is 0 Å². The van der Waals surface area contributed by atoms with Crippen molar-refractivity contribution in [3.8, 4) is 11.8 Å². The second kappa shape index (κ2) is 8.45. The van der Waals surface area contributed by atoms with Crippen LogP contribution < -0.4 is 5.73 Å². The maximum atomic E-state index is 10.8. The fourth-order valence-electron chi connectivity index (χ4n) is 4.08. The second-order valence-electron chi connectivity index (χ2n) is 8.03. The van der Waals surface area contributed by atoms with Gasteiger partial charge in [0.15, 0.2) is 17.7 Å². The molecule has 4 rings (SSSR count). The van der Waals surface area contributed by atoms with E-state index in [9.17, 15) is 20.4 Å². The third-order valence-corrected chi connectivity index (χ3v) is 5.83. The van der Waals surface area contributed by atoms with E-state index in [0.717, 1.165) is 25.7 Å². The number of ether oxygens (including phenoxy) is 1. The number of aromatic nitrogens is 4. The van der Waals surface area contributed by atoms with Crippen LogP contribution in [0, 0.1) is 11.8 Å². The number of nitrogens with zero attached hydrogens (tertiary/aromatic N) is 4. The lowest BCUT2D eigenvalue weighted by Gasteiger charge is -2.24. The molecule has 0 amide bonds. The van der Waals surface area contributed by atoms with Crippen LogP contribution in [0.2, 0.25) is 0 Å². The van der Waals surface area contributed by atoms with Crippen LogP contribution in [0.4, 0.5) is 5.82 Å². The molecule has 10 nitrogen and oxygen atoms in total. The van der Waals surface area contributed by atoms with Gasteiger partial charge in [-0.3, -0.25) is 4.57 Å². The summed E-state index contributed by atoms with van der Waals surface area (Å²) in [5.41, 5.74) is 5.54. The van der Waals surface area contributed by atoms with Gasteiger partial charge in [-0.1, -0.05) is 25.2 Å². The third-order valence-electron chi connectivity index (χ3n) is 5.83. The minimum absolute atomic E-state index is 0.111. The first-order chi connectivity index (χ1) is 14.4. The normalized spacial score (nSPS) is 29.2. The molecule has 6 N–H and O–H groups in total. The minimum atomic E-state index is -1.28. The van der Waals surface area contributed by atoms with Gasteiger partial charge in [0.05, 0.1) is 12.9 Å². The Bertz CT molecular complexity index is 960. The van der Waals surface area contributed by atoms with E-state index < -0.39 is 36.7 Å². The Labute approximate surface area is 173 Å². The van der Waals surface area contributed by atoms with Crippen LogP contribution >= 0.6 is 0 Å². The largest absolute Gasteiger partial charge is 0.394 e. The second-order valence-corrected chi connectivity index (χ2v) is 8.03. The van der Waals surface area contributed by atoms with Gasteiger partial charge in [-0.15, -0.1) is 0 Å². The molecule has 1 saturated heterocycles. The molecule has 2 aromatic rings. The van der Waals surface area contributed by atoms with Crippen LogP contribution in [0.1, 0.15) is 57.0 Å². The molecule has 0 radical (unpaired) electrons. The number of hydrogen-bond acceptors (Lipinski definition) is 9. The number of nitrogens with two attached hydrogens (primary N) is 1. The molecule has 0 spiro atoms. The molecule has 0 bridgehead atoms. The maximum absolute atomic E-state index is 10.8. The van der Waals surface area contributed by atoms with Gasteiger partial charge in [0.1, 0.15) is 29.4 Å². The van der Waals surface area contributed by atoms with Crippen molar-refractivity contribution in [1.29, 1.82) is 0 Å². The van der Waals surface area contributed by atoms with Crippen LogP contribution in [0.15, 0.2) is 6.33 Å². The first-order valence-corrected chi connectivity index (χ1v) is 10.3. The molecule has 4 atom stereocenters. The Morgan fingerprint density at radius 3 is 2.50 bits per heavy atom. The Balaban J connectivity index is 1.66. The van der Waals surface area contributed by atoms with E-state index in [4.69, 9.17) is 10.5 Å². The van der Waals surface area contributed by atoms with Crippen molar-refractivity contribution in [2.75, 3.05) is 12.3 Å². The van der Waals surface area contributed by atoms with Crippen molar-refractivity contribution in [3.63, 3.8) is 0 Å². The number of nitrogen functional groups attached to an aromatic ring is 1. The monoisotopic (exact) mass is 417 g/mol. The van der Waals surface area contributed by atoms with Crippen molar-refractivity contribution in [2.45, 2.75) is 75.1 Å². The summed E-state index contributed by atoms with van der Waals surface area (Å²) in [5, 5.41) is 40.5. The Morgan fingerprint density at radius 1 is 1.13 bits per heavy atom. The van der Waals surface area contributed by atoms with E-state index >= 15 is 0 Å². The van der Waals surface area contributed by atoms with E-state index in [1.807, 2.05) is 0 Å².